The first kappa shape index (κ1) is 60.5. The van der Waals surface area contributed by atoms with Crippen molar-refractivity contribution < 1.29 is 66.4 Å². The van der Waals surface area contributed by atoms with Gasteiger partial charge in [-0.15, -0.1) is 0 Å². The molecule has 0 radical (unpaired) electrons. The van der Waals surface area contributed by atoms with Gasteiger partial charge in [0.2, 0.25) is 0 Å². The van der Waals surface area contributed by atoms with Crippen LogP contribution in [-0.2, 0) is 66.4 Å². The minimum absolute atomic E-state index is 0.361. The van der Waals surface area contributed by atoms with Crippen molar-refractivity contribution in [1.82, 2.24) is 5.32 Å². The molecule has 0 aliphatic heterocycles. The second-order valence-electron chi connectivity index (χ2n) is 14.7. The summed E-state index contributed by atoms with van der Waals surface area (Å²) in [5, 5.41) is 2.95. The Hall–Kier alpha value is -1.47. The molecule has 15 heteroatoms. The number of hydrogen-bond acceptors (Lipinski definition) is 15. The maximum absolute atomic E-state index is 11.1. The van der Waals surface area contributed by atoms with E-state index >= 15 is 0 Å². The van der Waals surface area contributed by atoms with Crippen LogP contribution in [0, 0.1) is 0 Å². The molecule has 0 aromatic heterocycles. The number of rotatable bonds is 56. The summed E-state index contributed by atoms with van der Waals surface area (Å²) in [6.45, 7) is 17.8. The number of hydrogen-bond donors (Lipinski definition) is 1. The van der Waals surface area contributed by atoms with Crippen LogP contribution >= 0.6 is 0 Å². The Morgan fingerprint density at radius 1 is 0.323 bits per heavy atom. The van der Waals surface area contributed by atoms with Gasteiger partial charge in [0, 0.05) is 25.4 Å². The molecule has 0 aliphatic carbocycles. The molecule has 0 saturated carbocycles. The van der Waals surface area contributed by atoms with Crippen molar-refractivity contribution in [3.05, 3.63) is 12.3 Å². The SMILES string of the molecule is CCCCCCCCCCCCCCCCCCOCCOCCOCCOCCOCCOCCOCCOCCOCCOCCOCCOCCN/C=C/C(=O)OCC. The van der Waals surface area contributed by atoms with E-state index < -0.39 is 0 Å². The maximum atomic E-state index is 11.1. The summed E-state index contributed by atoms with van der Waals surface area (Å²) in [6, 6.07) is 0. The van der Waals surface area contributed by atoms with Gasteiger partial charge in [-0.05, 0) is 13.3 Å². The van der Waals surface area contributed by atoms with Gasteiger partial charge >= 0.3 is 5.97 Å². The topological polar surface area (TPSA) is 149 Å². The lowest BCUT2D eigenvalue weighted by molar-refractivity contribution is -0.137. The van der Waals surface area contributed by atoms with Crippen molar-refractivity contribution in [1.29, 1.82) is 0 Å². The van der Waals surface area contributed by atoms with E-state index in [0.29, 0.717) is 165 Å². The van der Waals surface area contributed by atoms with Gasteiger partial charge in [0.25, 0.3) is 0 Å². The molecular formula is C47H93NO14. The number of carbonyl (C=O) groups is 1. The first-order valence-corrected chi connectivity index (χ1v) is 24.3. The highest BCUT2D eigenvalue weighted by atomic mass is 16.6. The summed E-state index contributed by atoms with van der Waals surface area (Å²) in [5.74, 6) is -0.368. The molecule has 370 valence electrons. The predicted octanol–water partition coefficient (Wildman–Crippen LogP) is 7.11. The highest BCUT2D eigenvalue weighted by Gasteiger charge is 1.99. The van der Waals surface area contributed by atoms with E-state index in [-0.39, 0.29) is 5.97 Å². The summed E-state index contributed by atoms with van der Waals surface area (Å²) in [5.41, 5.74) is 0. The summed E-state index contributed by atoms with van der Waals surface area (Å²) in [4.78, 5) is 11.1. The zero-order valence-electron chi connectivity index (χ0n) is 39.6. The lowest BCUT2D eigenvalue weighted by Gasteiger charge is -2.09. The van der Waals surface area contributed by atoms with E-state index in [1.165, 1.54) is 102 Å². The van der Waals surface area contributed by atoms with E-state index in [4.69, 9.17) is 61.6 Å². The Bertz CT molecular complexity index is 860. The molecule has 0 fully saturated rings. The van der Waals surface area contributed by atoms with Crippen molar-refractivity contribution in [3.8, 4) is 0 Å². The predicted molar refractivity (Wildman–Crippen MR) is 243 cm³/mol. The van der Waals surface area contributed by atoms with Crippen LogP contribution < -0.4 is 5.32 Å². The summed E-state index contributed by atoms with van der Waals surface area (Å²) in [6.07, 6.45) is 25.0. The zero-order valence-corrected chi connectivity index (χ0v) is 39.6. The molecule has 0 amide bonds. The monoisotopic (exact) mass is 896 g/mol. The molecule has 0 rings (SSSR count). The van der Waals surface area contributed by atoms with E-state index in [9.17, 15) is 4.79 Å². The van der Waals surface area contributed by atoms with Crippen molar-refractivity contribution in [3.63, 3.8) is 0 Å². The zero-order chi connectivity index (χ0) is 44.6. The second-order valence-corrected chi connectivity index (χ2v) is 14.7. The minimum Gasteiger partial charge on any atom is -0.463 e. The third kappa shape index (κ3) is 56.5. The Morgan fingerprint density at radius 3 is 0.839 bits per heavy atom. The van der Waals surface area contributed by atoms with Crippen molar-refractivity contribution in [2.75, 3.05) is 172 Å². The fraction of sp³-hybridized carbons (Fsp3) is 0.936. The average Bonchev–Trinajstić information content (AvgIpc) is 3.27. The molecule has 0 saturated heterocycles. The number of unbranched alkanes of at least 4 members (excludes halogenated alkanes) is 15. The fourth-order valence-corrected chi connectivity index (χ4v) is 5.81. The third-order valence-corrected chi connectivity index (χ3v) is 9.25. The van der Waals surface area contributed by atoms with E-state index in [0.717, 1.165) is 13.0 Å². The first-order valence-electron chi connectivity index (χ1n) is 24.3. The van der Waals surface area contributed by atoms with Crippen LogP contribution in [0.2, 0.25) is 0 Å². The van der Waals surface area contributed by atoms with Crippen molar-refractivity contribution in [2.45, 2.75) is 117 Å². The Balaban J connectivity index is 3.08. The van der Waals surface area contributed by atoms with Gasteiger partial charge in [-0.3, -0.25) is 0 Å². The van der Waals surface area contributed by atoms with Gasteiger partial charge < -0.3 is 66.9 Å². The molecular weight excluding hydrogens is 803 g/mol. The lowest BCUT2D eigenvalue weighted by Crippen LogP contribution is -2.17. The normalized spacial score (nSPS) is 11.6. The van der Waals surface area contributed by atoms with Gasteiger partial charge in [-0.25, -0.2) is 4.79 Å². The Kier molecular flexibility index (Phi) is 56.2. The second kappa shape index (κ2) is 57.5. The van der Waals surface area contributed by atoms with E-state index in [2.05, 4.69) is 12.2 Å². The lowest BCUT2D eigenvalue weighted by atomic mass is 10.0. The molecule has 62 heavy (non-hydrogen) atoms. The molecule has 0 aromatic carbocycles. The van der Waals surface area contributed by atoms with Crippen LogP contribution in [0.15, 0.2) is 12.3 Å². The summed E-state index contributed by atoms with van der Waals surface area (Å²) < 4.78 is 71.1. The van der Waals surface area contributed by atoms with Crippen molar-refractivity contribution >= 4 is 5.97 Å². The van der Waals surface area contributed by atoms with Crippen molar-refractivity contribution in [2.24, 2.45) is 0 Å². The Labute approximate surface area is 377 Å². The van der Waals surface area contributed by atoms with Crippen LogP contribution in [0.1, 0.15) is 117 Å². The van der Waals surface area contributed by atoms with Crippen LogP contribution in [0.25, 0.3) is 0 Å². The molecule has 0 unspecified atom stereocenters. The molecule has 0 bridgehead atoms. The summed E-state index contributed by atoms with van der Waals surface area (Å²) >= 11 is 0. The minimum atomic E-state index is -0.368. The molecule has 0 aromatic rings. The van der Waals surface area contributed by atoms with Gasteiger partial charge in [-0.2, -0.15) is 0 Å². The van der Waals surface area contributed by atoms with E-state index in [1.54, 1.807) is 13.1 Å². The highest BCUT2D eigenvalue weighted by molar-refractivity contribution is 5.81. The molecule has 0 spiro atoms. The van der Waals surface area contributed by atoms with Gasteiger partial charge in [0.15, 0.2) is 0 Å². The van der Waals surface area contributed by atoms with Gasteiger partial charge in [-0.1, -0.05) is 103 Å². The average molecular weight is 896 g/mol. The van der Waals surface area contributed by atoms with E-state index in [1.807, 2.05) is 0 Å². The smallest absolute Gasteiger partial charge is 0.332 e. The molecule has 0 heterocycles. The fourth-order valence-electron chi connectivity index (χ4n) is 5.81. The third-order valence-electron chi connectivity index (χ3n) is 9.25. The molecule has 1 N–H and O–H groups in total. The molecule has 0 aliphatic rings. The van der Waals surface area contributed by atoms with Crippen LogP contribution in [-0.4, -0.2) is 178 Å². The summed E-state index contributed by atoms with van der Waals surface area (Å²) in [7, 11) is 0. The number of carbonyl (C=O) groups excluding carboxylic acids is 1. The van der Waals surface area contributed by atoms with Gasteiger partial charge in [0.05, 0.1) is 159 Å². The standard InChI is InChI=1S/C47H93NO14/c1-3-5-6-7-8-9-10-11-12-13-14-15-16-17-18-19-23-50-25-27-52-29-31-54-33-35-56-37-39-58-41-43-60-45-46-61-44-42-59-40-38-57-36-34-55-32-30-53-28-26-51-24-22-48-21-20-47(49)62-4-2/h20-21,48H,3-19,22-46H2,1-2H3/b21-20+. The highest BCUT2D eigenvalue weighted by Crippen LogP contribution is 2.13. The molecule has 15 nitrogen and oxygen atoms in total. The number of nitrogens with one attached hydrogen (secondary N) is 1. The van der Waals surface area contributed by atoms with Crippen LogP contribution in [0.3, 0.4) is 0 Å². The Morgan fingerprint density at radius 2 is 0.565 bits per heavy atom. The number of esters is 1. The van der Waals surface area contributed by atoms with Gasteiger partial charge in [0.1, 0.15) is 0 Å². The largest absolute Gasteiger partial charge is 0.463 e. The maximum Gasteiger partial charge on any atom is 0.332 e. The first-order chi connectivity index (χ1) is 30.8. The van der Waals surface area contributed by atoms with Crippen LogP contribution in [0.4, 0.5) is 0 Å². The quantitative estimate of drug-likeness (QED) is 0.0375. The molecule has 0 atom stereocenters. The number of ether oxygens (including phenoxy) is 13. The van der Waals surface area contributed by atoms with Crippen LogP contribution in [0.5, 0.6) is 0 Å².